The molecule has 7 nitrogen and oxygen atoms in total. The maximum Gasteiger partial charge on any atom is 0.248 e. The van der Waals surface area contributed by atoms with E-state index in [1.807, 2.05) is 36.1 Å². The molecule has 3 rings (SSSR count). The van der Waals surface area contributed by atoms with Gasteiger partial charge in [0.2, 0.25) is 5.91 Å². The van der Waals surface area contributed by atoms with Crippen molar-refractivity contribution < 1.29 is 9.53 Å². The molecule has 1 amide bonds. The van der Waals surface area contributed by atoms with Crippen LogP contribution in [0.3, 0.4) is 0 Å². The van der Waals surface area contributed by atoms with Gasteiger partial charge in [0, 0.05) is 38.4 Å². The Morgan fingerprint density at radius 3 is 3.00 bits per heavy atom. The summed E-state index contributed by atoms with van der Waals surface area (Å²) < 4.78 is 4.97. The van der Waals surface area contributed by atoms with E-state index in [4.69, 9.17) is 4.74 Å². The number of aryl methyl sites for hydroxylation is 1. The third kappa shape index (κ3) is 4.51. The first kappa shape index (κ1) is 17.3. The van der Waals surface area contributed by atoms with Gasteiger partial charge in [-0.1, -0.05) is 6.07 Å². The van der Waals surface area contributed by atoms with Gasteiger partial charge in [-0.2, -0.15) is 0 Å². The van der Waals surface area contributed by atoms with E-state index < -0.39 is 0 Å². The first-order valence-corrected chi connectivity index (χ1v) is 8.46. The highest BCUT2D eigenvalue weighted by molar-refractivity contribution is 5.77. The molecule has 1 aliphatic rings. The minimum atomic E-state index is 0.0322. The number of likely N-dealkylation sites (tertiary alicyclic amines) is 1. The predicted molar refractivity (Wildman–Crippen MR) is 94.7 cm³/mol. The van der Waals surface area contributed by atoms with Crippen LogP contribution < -0.4 is 5.32 Å². The number of amides is 1. The molecule has 1 aliphatic heterocycles. The number of ether oxygens (including phenoxy) is 1. The smallest absolute Gasteiger partial charge is 0.248 e. The summed E-state index contributed by atoms with van der Waals surface area (Å²) in [5.41, 5.74) is 0.959. The van der Waals surface area contributed by atoms with Crippen molar-refractivity contribution in [2.45, 2.75) is 25.7 Å². The topological polar surface area (TPSA) is 80.2 Å². The van der Waals surface area contributed by atoms with Gasteiger partial charge in [0.05, 0.1) is 5.69 Å². The van der Waals surface area contributed by atoms with Crippen molar-refractivity contribution in [2.24, 2.45) is 0 Å². The van der Waals surface area contributed by atoms with Crippen LogP contribution in [-0.4, -0.2) is 52.6 Å². The molecule has 7 heteroatoms. The van der Waals surface area contributed by atoms with Crippen molar-refractivity contribution in [2.75, 3.05) is 32.1 Å². The second-order valence-electron chi connectivity index (χ2n) is 6.18. The summed E-state index contributed by atoms with van der Waals surface area (Å²) in [4.78, 5) is 27.3. The van der Waals surface area contributed by atoms with Crippen LogP contribution in [0.2, 0.25) is 0 Å². The van der Waals surface area contributed by atoms with Gasteiger partial charge in [-0.15, -0.1) is 0 Å². The predicted octanol–water partition coefficient (Wildman–Crippen LogP) is 2.28. The number of nitrogens with one attached hydrogen (secondary N) is 1. The Labute approximate surface area is 147 Å². The Morgan fingerprint density at radius 2 is 2.24 bits per heavy atom. The lowest BCUT2D eigenvalue weighted by Gasteiger charge is -2.32. The average Bonchev–Trinajstić information content (AvgIpc) is 2.62. The van der Waals surface area contributed by atoms with Gasteiger partial charge in [0.1, 0.15) is 24.1 Å². The molecular weight excluding hydrogens is 318 g/mol. The number of nitrogens with zero attached hydrogens (tertiary/aromatic N) is 4. The quantitative estimate of drug-likeness (QED) is 0.899. The zero-order chi connectivity index (χ0) is 17.6. The minimum Gasteiger partial charge on any atom is -0.375 e. The second-order valence-corrected chi connectivity index (χ2v) is 6.18. The maximum atomic E-state index is 12.1. The third-order valence-electron chi connectivity index (χ3n) is 4.24. The fourth-order valence-corrected chi connectivity index (χ4v) is 3.09. The summed E-state index contributed by atoms with van der Waals surface area (Å²) in [7, 11) is 1.54. The highest BCUT2D eigenvalue weighted by Gasteiger charge is 2.26. The molecule has 1 unspecified atom stereocenters. The summed E-state index contributed by atoms with van der Waals surface area (Å²) >= 11 is 0. The summed E-state index contributed by atoms with van der Waals surface area (Å²) in [6, 6.07) is 7.64. The Kier molecular flexibility index (Phi) is 5.55. The standard InChI is InChI=1S/C18H23N5O2/c1-13-20-15(10-17(21-13)22-16-7-3-4-8-19-16)14-6-5-9-23(11-14)18(24)12-25-2/h3-4,7-8,10,14H,5-6,9,11-12H2,1-2H3,(H,19,20,21,22). The van der Waals surface area contributed by atoms with Gasteiger partial charge >= 0.3 is 0 Å². The number of carbonyl (C=O) groups excluding carboxylic acids is 1. The molecule has 132 valence electrons. The minimum absolute atomic E-state index is 0.0322. The lowest BCUT2D eigenvalue weighted by Crippen LogP contribution is -2.41. The van der Waals surface area contributed by atoms with Crippen LogP contribution in [0.15, 0.2) is 30.5 Å². The van der Waals surface area contributed by atoms with Crippen LogP contribution >= 0.6 is 0 Å². The number of pyridine rings is 1. The van der Waals surface area contributed by atoms with Gasteiger partial charge in [-0.3, -0.25) is 4.79 Å². The first-order valence-electron chi connectivity index (χ1n) is 8.46. The van der Waals surface area contributed by atoms with Crippen molar-refractivity contribution >= 4 is 17.5 Å². The molecule has 0 saturated carbocycles. The van der Waals surface area contributed by atoms with Crippen LogP contribution in [0, 0.1) is 6.92 Å². The normalized spacial score (nSPS) is 17.4. The molecular formula is C18H23N5O2. The zero-order valence-corrected chi connectivity index (χ0v) is 14.6. The van der Waals surface area contributed by atoms with E-state index in [0.29, 0.717) is 12.4 Å². The summed E-state index contributed by atoms with van der Waals surface area (Å²) in [6.07, 6.45) is 3.71. The molecule has 25 heavy (non-hydrogen) atoms. The van der Waals surface area contributed by atoms with Crippen molar-refractivity contribution in [1.82, 2.24) is 19.9 Å². The van der Waals surface area contributed by atoms with E-state index in [0.717, 1.165) is 36.7 Å². The van der Waals surface area contributed by atoms with Gasteiger partial charge in [-0.25, -0.2) is 15.0 Å². The lowest BCUT2D eigenvalue weighted by molar-refractivity contribution is -0.136. The van der Waals surface area contributed by atoms with Gasteiger partial charge in [0.25, 0.3) is 0 Å². The Hall–Kier alpha value is -2.54. The Balaban J connectivity index is 1.76. The van der Waals surface area contributed by atoms with E-state index in [1.54, 1.807) is 13.3 Å². The molecule has 2 aromatic heterocycles. The van der Waals surface area contributed by atoms with E-state index >= 15 is 0 Å². The maximum absolute atomic E-state index is 12.1. The summed E-state index contributed by atoms with van der Waals surface area (Å²) in [6.45, 7) is 3.45. The SMILES string of the molecule is COCC(=O)N1CCCC(c2cc(Nc3ccccn3)nc(C)n2)C1. The summed E-state index contributed by atoms with van der Waals surface area (Å²) in [5, 5.41) is 3.22. The Bertz CT molecular complexity index is 723. The number of anilines is 2. The molecule has 2 aromatic rings. The molecule has 1 fully saturated rings. The fourth-order valence-electron chi connectivity index (χ4n) is 3.09. The number of aromatic nitrogens is 3. The molecule has 3 heterocycles. The van der Waals surface area contributed by atoms with Gasteiger partial charge in [-0.05, 0) is 31.9 Å². The van der Waals surface area contributed by atoms with Crippen LogP contribution in [0.1, 0.15) is 30.3 Å². The third-order valence-corrected chi connectivity index (χ3v) is 4.24. The number of rotatable bonds is 5. The lowest BCUT2D eigenvalue weighted by atomic mass is 9.94. The number of hydrogen-bond acceptors (Lipinski definition) is 6. The second kappa shape index (κ2) is 8.02. The molecule has 0 aromatic carbocycles. The first-order chi connectivity index (χ1) is 12.2. The van der Waals surface area contributed by atoms with Gasteiger partial charge < -0.3 is 15.0 Å². The highest BCUT2D eigenvalue weighted by Crippen LogP contribution is 2.27. The highest BCUT2D eigenvalue weighted by atomic mass is 16.5. The van der Waals surface area contributed by atoms with E-state index in [2.05, 4.69) is 20.3 Å². The van der Waals surface area contributed by atoms with Crippen LogP contribution in [0.5, 0.6) is 0 Å². The molecule has 0 spiro atoms. The van der Waals surface area contributed by atoms with Crippen molar-refractivity contribution in [3.8, 4) is 0 Å². The Morgan fingerprint density at radius 1 is 1.36 bits per heavy atom. The van der Waals surface area contributed by atoms with Crippen molar-refractivity contribution in [1.29, 1.82) is 0 Å². The summed E-state index contributed by atoms with van der Waals surface area (Å²) in [5.74, 6) is 2.41. The van der Waals surface area contributed by atoms with E-state index in [1.165, 1.54) is 0 Å². The fraction of sp³-hybridized carbons (Fsp3) is 0.444. The number of piperidine rings is 1. The molecule has 0 radical (unpaired) electrons. The zero-order valence-electron chi connectivity index (χ0n) is 14.6. The molecule has 1 saturated heterocycles. The molecule has 0 bridgehead atoms. The van der Waals surface area contributed by atoms with Gasteiger partial charge in [0.15, 0.2) is 0 Å². The van der Waals surface area contributed by atoms with Crippen LogP contribution in [0.4, 0.5) is 11.6 Å². The van der Waals surface area contributed by atoms with Crippen LogP contribution in [-0.2, 0) is 9.53 Å². The molecule has 1 N–H and O–H groups in total. The average molecular weight is 341 g/mol. The largest absolute Gasteiger partial charge is 0.375 e. The van der Waals surface area contributed by atoms with Crippen molar-refractivity contribution in [3.63, 3.8) is 0 Å². The number of methoxy groups -OCH3 is 1. The number of hydrogen-bond donors (Lipinski definition) is 1. The van der Waals surface area contributed by atoms with Crippen molar-refractivity contribution in [3.05, 3.63) is 42.0 Å². The molecule has 1 atom stereocenters. The molecule has 0 aliphatic carbocycles. The number of carbonyl (C=O) groups is 1. The van der Waals surface area contributed by atoms with Crippen LogP contribution in [0.25, 0.3) is 0 Å². The monoisotopic (exact) mass is 341 g/mol. The van der Waals surface area contributed by atoms with E-state index in [-0.39, 0.29) is 18.4 Å². The van der Waals surface area contributed by atoms with E-state index in [9.17, 15) is 4.79 Å².